The maximum atomic E-state index is 8.16. The van der Waals surface area contributed by atoms with Gasteiger partial charge >= 0.3 is 0 Å². The molecule has 0 radical (unpaired) electrons. The van der Waals surface area contributed by atoms with Gasteiger partial charge in [-0.2, -0.15) is 0 Å². The molecule has 0 N–H and O–H groups in total. The van der Waals surface area contributed by atoms with Gasteiger partial charge in [0.25, 0.3) is 0 Å². The average molecular weight is 108 g/mol. The summed E-state index contributed by atoms with van der Waals surface area (Å²) in [4.78, 5) is 0. The Morgan fingerprint density at radius 3 is 2.75 bits per heavy atom. The van der Waals surface area contributed by atoms with Crippen LogP contribution >= 0.6 is 0 Å². The Balaban J connectivity index is 2.51. The molecule has 42 valence electrons. The maximum absolute atomic E-state index is 8.16. The fraction of sp³-hybridized carbons (Fsp3) is 0.200. The topological polar surface area (TPSA) is 37.9 Å². The van der Waals surface area contributed by atoms with Crippen molar-refractivity contribution in [2.75, 3.05) is 6.54 Å². The summed E-state index contributed by atoms with van der Waals surface area (Å²) in [5.41, 5.74) is 8.16. The number of hydrogen-bond donors (Lipinski definition) is 0. The SMILES string of the molecule is [N-]=NN1C=CC=CC1. The summed E-state index contributed by atoms with van der Waals surface area (Å²) in [6.07, 6.45) is 7.31. The molecular formula is C5H6N3-. The van der Waals surface area contributed by atoms with Crippen LogP contribution in [0.3, 0.4) is 0 Å². The molecule has 1 rings (SSSR count). The van der Waals surface area contributed by atoms with Gasteiger partial charge in [-0.15, -0.1) is 0 Å². The lowest BCUT2D eigenvalue weighted by Crippen LogP contribution is -2.09. The van der Waals surface area contributed by atoms with Crippen LogP contribution in [0.15, 0.2) is 29.7 Å². The summed E-state index contributed by atoms with van der Waals surface area (Å²) in [5, 5.41) is 4.37. The highest BCUT2D eigenvalue weighted by molar-refractivity contribution is 5.07. The van der Waals surface area contributed by atoms with E-state index in [1.54, 1.807) is 6.20 Å². The summed E-state index contributed by atoms with van der Waals surface area (Å²) in [7, 11) is 0. The van der Waals surface area contributed by atoms with E-state index in [-0.39, 0.29) is 0 Å². The van der Waals surface area contributed by atoms with Gasteiger partial charge in [0.15, 0.2) is 0 Å². The molecule has 0 bridgehead atoms. The Hall–Kier alpha value is -1.12. The van der Waals surface area contributed by atoms with E-state index in [9.17, 15) is 0 Å². The molecule has 3 heteroatoms. The summed E-state index contributed by atoms with van der Waals surface area (Å²) >= 11 is 0. The molecule has 0 aliphatic carbocycles. The molecule has 0 fully saturated rings. The highest BCUT2D eigenvalue weighted by atomic mass is 15.5. The lowest BCUT2D eigenvalue weighted by atomic mass is 10.4. The largest absolute Gasteiger partial charge is 0.378 e. The molecule has 1 heterocycles. The molecule has 8 heavy (non-hydrogen) atoms. The minimum atomic E-state index is 0.660. The first kappa shape index (κ1) is 5.03. The third-order valence-electron chi connectivity index (χ3n) is 0.913. The van der Waals surface area contributed by atoms with Gasteiger partial charge < -0.3 is 10.5 Å². The van der Waals surface area contributed by atoms with Crippen LogP contribution in [-0.4, -0.2) is 11.6 Å². The Morgan fingerprint density at radius 2 is 2.38 bits per heavy atom. The zero-order valence-corrected chi connectivity index (χ0v) is 4.36. The molecule has 1 aliphatic heterocycles. The van der Waals surface area contributed by atoms with Gasteiger partial charge in [-0.05, 0) is 6.54 Å². The lowest BCUT2D eigenvalue weighted by molar-refractivity contribution is 0.433. The molecule has 3 nitrogen and oxygen atoms in total. The lowest BCUT2D eigenvalue weighted by Gasteiger charge is -2.20. The third kappa shape index (κ3) is 0.932. The molecule has 0 amide bonds. The van der Waals surface area contributed by atoms with Crippen molar-refractivity contribution in [2.24, 2.45) is 5.22 Å². The number of hydrogen-bond acceptors (Lipinski definition) is 1. The van der Waals surface area contributed by atoms with Crippen LogP contribution in [0.5, 0.6) is 0 Å². The monoisotopic (exact) mass is 108 g/mol. The van der Waals surface area contributed by atoms with E-state index in [0.717, 1.165) is 0 Å². The van der Waals surface area contributed by atoms with Crippen LogP contribution in [0.25, 0.3) is 5.53 Å². The molecule has 0 atom stereocenters. The number of allylic oxidation sites excluding steroid dienone is 2. The molecule has 1 aliphatic rings. The second-order valence-electron chi connectivity index (χ2n) is 1.48. The van der Waals surface area contributed by atoms with Crippen molar-refractivity contribution in [3.05, 3.63) is 30.0 Å². The van der Waals surface area contributed by atoms with Crippen molar-refractivity contribution in [3.63, 3.8) is 0 Å². The minimum absolute atomic E-state index is 0.660. The minimum Gasteiger partial charge on any atom is -0.378 e. The molecule has 0 saturated carbocycles. The van der Waals surface area contributed by atoms with E-state index in [0.29, 0.717) is 6.54 Å². The average Bonchev–Trinajstić information content (AvgIpc) is 1.90. The predicted molar refractivity (Wildman–Crippen MR) is 30.8 cm³/mol. The first-order valence-corrected chi connectivity index (χ1v) is 2.38. The van der Waals surface area contributed by atoms with Crippen LogP contribution in [-0.2, 0) is 0 Å². The van der Waals surface area contributed by atoms with E-state index < -0.39 is 0 Å². The smallest absolute Gasteiger partial charge is 0.0125 e. The number of nitrogens with zero attached hydrogens (tertiary/aromatic N) is 3. The Labute approximate surface area is 47.8 Å². The Bertz CT molecular complexity index is 137. The molecule has 0 saturated heterocycles. The summed E-state index contributed by atoms with van der Waals surface area (Å²) < 4.78 is 0. The van der Waals surface area contributed by atoms with Crippen molar-refractivity contribution in [3.8, 4) is 0 Å². The highest BCUT2D eigenvalue weighted by Crippen LogP contribution is 1.96. The van der Waals surface area contributed by atoms with Gasteiger partial charge in [0, 0.05) is 0 Å². The van der Waals surface area contributed by atoms with Crippen molar-refractivity contribution in [1.82, 2.24) is 5.01 Å². The number of rotatable bonds is 1. The second kappa shape index (κ2) is 2.26. The third-order valence-corrected chi connectivity index (χ3v) is 0.913. The Morgan fingerprint density at radius 1 is 1.50 bits per heavy atom. The molecule has 0 aromatic rings. The quantitative estimate of drug-likeness (QED) is 0.466. The summed E-state index contributed by atoms with van der Waals surface area (Å²) in [5.74, 6) is 0. The molecular weight excluding hydrogens is 102 g/mol. The fourth-order valence-electron chi connectivity index (χ4n) is 0.524. The zero-order chi connectivity index (χ0) is 5.82. The second-order valence-corrected chi connectivity index (χ2v) is 1.48. The van der Waals surface area contributed by atoms with Crippen molar-refractivity contribution >= 4 is 0 Å². The van der Waals surface area contributed by atoms with Crippen molar-refractivity contribution < 1.29 is 0 Å². The standard InChI is InChI=1S/C5H6N3/c6-7-8-4-2-1-3-5-8/h1-4H,5H2/q-1. The Kier molecular flexibility index (Phi) is 1.42. The van der Waals surface area contributed by atoms with Gasteiger partial charge in [-0.25, -0.2) is 0 Å². The maximum Gasteiger partial charge on any atom is -0.0125 e. The van der Waals surface area contributed by atoms with Gasteiger partial charge in [-0.1, -0.05) is 24.4 Å². The predicted octanol–water partition coefficient (Wildman–Crippen LogP) is 1.31. The zero-order valence-electron chi connectivity index (χ0n) is 4.36. The van der Waals surface area contributed by atoms with E-state index in [1.807, 2.05) is 18.2 Å². The van der Waals surface area contributed by atoms with Crippen LogP contribution in [0, 0.1) is 0 Å². The van der Waals surface area contributed by atoms with Gasteiger partial charge in [0.2, 0.25) is 0 Å². The van der Waals surface area contributed by atoms with Gasteiger partial charge in [0.05, 0.1) is 0 Å². The van der Waals surface area contributed by atoms with E-state index in [2.05, 4.69) is 5.22 Å². The fourth-order valence-corrected chi connectivity index (χ4v) is 0.524. The molecule has 0 spiro atoms. The van der Waals surface area contributed by atoms with E-state index >= 15 is 0 Å². The first-order valence-electron chi connectivity index (χ1n) is 2.38. The van der Waals surface area contributed by atoms with Crippen LogP contribution in [0.2, 0.25) is 0 Å². The summed E-state index contributed by atoms with van der Waals surface area (Å²) in [6, 6.07) is 0. The van der Waals surface area contributed by atoms with Gasteiger partial charge in [0.1, 0.15) is 0 Å². The molecule has 0 aromatic carbocycles. The highest BCUT2D eigenvalue weighted by Gasteiger charge is 1.83. The van der Waals surface area contributed by atoms with E-state index in [1.165, 1.54) is 5.01 Å². The molecule has 0 aromatic heterocycles. The van der Waals surface area contributed by atoms with Gasteiger partial charge in [-0.3, -0.25) is 5.22 Å². The van der Waals surface area contributed by atoms with Crippen molar-refractivity contribution in [1.29, 1.82) is 0 Å². The van der Waals surface area contributed by atoms with Crippen LogP contribution < -0.4 is 0 Å². The van der Waals surface area contributed by atoms with E-state index in [4.69, 9.17) is 5.53 Å². The van der Waals surface area contributed by atoms with Crippen LogP contribution in [0.4, 0.5) is 0 Å². The molecule has 0 unspecified atom stereocenters. The summed E-state index contributed by atoms with van der Waals surface area (Å²) in [6.45, 7) is 0.660. The normalized spacial score (nSPS) is 16.8. The van der Waals surface area contributed by atoms with Crippen LogP contribution in [0.1, 0.15) is 0 Å². The first-order chi connectivity index (χ1) is 3.93. The van der Waals surface area contributed by atoms with Crippen molar-refractivity contribution in [2.45, 2.75) is 0 Å².